The van der Waals surface area contributed by atoms with Crippen LogP contribution in [0.5, 0.6) is 0 Å². The third-order valence-corrected chi connectivity index (χ3v) is 5.47. The van der Waals surface area contributed by atoms with Crippen LogP contribution >= 0.6 is 0 Å². The molecule has 2 saturated heterocycles. The first-order valence-electron chi connectivity index (χ1n) is 11.2. The van der Waals surface area contributed by atoms with Gasteiger partial charge < -0.3 is 25.1 Å². The Morgan fingerprint density at radius 3 is 2.33 bits per heavy atom. The number of hydrogen-bond acceptors (Lipinski definition) is 6. The van der Waals surface area contributed by atoms with Gasteiger partial charge in [-0.3, -0.25) is 5.10 Å². The summed E-state index contributed by atoms with van der Waals surface area (Å²) in [5.41, 5.74) is 3.09. The number of rotatable bonds is 4. The van der Waals surface area contributed by atoms with Crippen LogP contribution in [-0.4, -0.2) is 62.9 Å². The first-order valence-corrected chi connectivity index (χ1v) is 11.2. The van der Waals surface area contributed by atoms with Crippen LogP contribution in [0.1, 0.15) is 6.42 Å². The summed E-state index contributed by atoms with van der Waals surface area (Å²) in [6.07, 6.45) is 5.38. The average molecular weight is 454 g/mol. The van der Waals surface area contributed by atoms with Crippen LogP contribution in [0.3, 0.4) is 0 Å². The van der Waals surface area contributed by atoms with Crippen molar-refractivity contribution in [2.75, 3.05) is 56.7 Å². The predicted octanol–water partition coefficient (Wildman–Crippen LogP) is 3.58. The molecule has 33 heavy (non-hydrogen) atoms. The van der Waals surface area contributed by atoms with E-state index in [9.17, 15) is 9.18 Å². The highest BCUT2D eigenvalue weighted by atomic mass is 19.1. The second-order valence-corrected chi connectivity index (χ2v) is 7.73. The maximum atomic E-state index is 14.2. The normalized spacial score (nSPS) is 17.3. The Bertz CT molecular complexity index is 914. The van der Waals surface area contributed by atoms with Crippen LogP contribution in [0.4, 0.5) is 15.8 Å². The van der Waals surface area contributed by atoms with Gasteiger partial charge in [0.25, 0.3) is 0 Å². The van der Waals surface area contributed by atoms with Gasteiger partial charge in [-0.25, -0.2) is 4.39 Å². The number of aromatic nitrogens is 2. The highest BCUT2D eigenvalue weighted by Gasteiger charge is 2.18. The quantitative estimate of drug-likeness (QED) is 0.524. The number of halogens is 1. The highest BCUT2D eigenvalue weighted by Crippen LogP contribution is 2.34. The van der Waals surface area contributed by atoms with Gasteiger partial charge in [0.05, 0.1) is 30.8 Å². The fourth-order valence-corrected chi connectivity index (χ4v) is 3.63. The molecule has 2 fully saturated rings. The maximum absolute atomic E-state index is 14.2. The number of carbonyl (C=O) groups excluding carboxylic acids is 1. The molecule has 3 aromatic rings. The first-order chi connectivity index (χ1) is 16.2. The Balaban J connectivity index is 0.000000191. The molecule has 5 rings (SSSR count). The molecular formula is C25H32FN5O2. The number of nitrogens with zero attached hydrogens (tertiary/aromatic N) is 2. The van der Waals surface area contributed by atoms with Gasteiger partial charge >= 0.3 is 0 Å². The minimum Gasteiger partial charge on any atom is -0.386 e. The molecular weight excluding hydrogens is 421 g/mol. The minimum atomic E-state index is -0.257. The molecule has 2 aliphatic rings. The van der Waals surface area contributed by atoms with Crippen molar-refractivity contribution in [3.8, 4) is 11.1 Å². The molecule has 1 aromatic heterocycles. The molecule has 8 heteroatoms. The number of nitrogens with one attached hydrogen (secondary N) is 3. The standard InChI is InChI=1S/C14H17FN4O.C6H6.C5H9NO/c1-16-13-7-12(15)11(10-8-17-18-9-10)6-14(13)19-2-4-20-5-3-19;1-2-4-6-5-3-1;7-4-5-1-2-6-3-5/h6-9,16H,2-5H2,1H3,(H,17,18);1-6H;4-6H,1-3H2. The number of aromatic amines is 1. The van der Waals surface area contributed by atoms with Gasteiger partial charge in [0.1, 0.15) is 12.1 Å². The van der Waals surface area contributed by atoms with Crippen LogP contribution in [0, 0.1) is 11.7 Å². The van der Waals surface area contributed by atoms with Crippen molar-refractivity contribution in [2.24, 2.45) is 5.92 Å². The van der Waals surface area contributed by atoms with Crippen LogP contribution in [0.2, 0.25) is 0 Å². The molecule has 3 heterocycles. The van der Waals surface area contributed by atoms with E-state index in [2.05, 4.69) is 25.7 Å². The molecule has 2 aromatic carbocycles. The van der Waals surface area contributed by atoms with Crippen molar-refractivity contribution in [3.05, 3.63) is 66.7 Å². The van der Waals surface area contributed by atoms with E-state index in [1.165, 1.54) is 6.07 Å². The van der Waals surface area contributed by atoms with Gasteiger partial charge in [0, 0.05) is 49.9 Å². The molecule has 0 bridgehead atoms. The lowest BCUT2D eigenvalue weighted by atomic mass is 10.1. The molecule has 0 aliphatic carbocycles. The zero-order chi connectivity index (χ0) is 23.3. The Labute approximate surface area is 194 Å². The summed E-state index contributed by atoms with van der Waals surface area (Å²) in [4.78, 5) is 12.2. The number of anilines is 2. The van der Waals surface area contributed by atoms with Crippen molar-refractivity contribution in [2.45, 2.75) is 6.42 Å². The second-order valence-electron chi connectivity index (χ2n) is 7.73. The molecule has 0 spiro atoms. The lowest BCUT2D eigenvalue weighted by Gasteiger charge is -2.31. The Morgan fingerprint density at radius 1 is 1.15 bits per heavy atom. The van der Waals surface area contributed by atoms with Gasteiger partial charge in [-0.15, -0.1) is 0 Å². The lowest BCUT2D eigenvalue weighted by Crippen LogP contribution is -2.36. The first kappa shape index (κ1) is 24.4. The Kier molecular flexibility index (Phi) is 9.87. The van der Waals surface area contributed by atoms with E-state index in [-0.39, 0.29) is 5.82 Å². The van der Waals surface area contributed by atoms with E-state index >= 15 is 0 Å². The summed E-state index contributed by atoms with van der Waals surface area (Å²) >= 11 is 0. The number of carbonyl (C=O) groups is 1. The summed E-state index contributed by atoms with van der Waals surface area (Å²) in [5.74, 6) is 0.0489. The fraction of sp³-hybridized carbons (Fsp3) is 0.360. The van der Waals surface area contributed by atoms with E-state index in [0.29, 0.717) is 24.7 Å². The second kappa shape index (κ2) is 13.3. The van der Waals surface area contributed by atoms with Crippen molar-refractivity contribution in [3.63, 3.8) is 0 Å². The van der Waals surface area contributed by atoms with E-state index < -0.39 is 0 Å². The Hall–Kier alpha value is -3.23. The highest BCUT2D eigenvalue weighted by molar-refractivity contribution is 5.78. The number of morpholine rings is 1. The SMILES string of the molecule is CNc1cc(F)c(-c2cn[nH]c2)cc1N1CCOCC1.O=CC1CCNC1.c1ccccc1. The number of aldehydes is 1. The molecule has 0 saturated carbocycles. The van der Waals surface area contributed by atoms with Crippen LogP contribution in [0.25, 0.3) is 11.1 Å². The maximum Gasteiger partial charge on any atom is 0.133 e. The zero-order valence-corrected chi connectivity index (χ0v) is 19.0. The lowest BCUT2D eigenvalue weighted by molar-refractivity contribution is -0.110. The monoisotopic (exact) mass is 453 g/mol. The van der Waals surface area contributed by atoms with Crippen LogP contribution in [-0.2, 0) is 9.53 Å². The molecule has 176 valence electrons. The van der Waals surface area contributed by atoms with E-state index in [1.807, 2.05) is 42.5 Å². The third-order valence-electron chi connectivity index (χ3n) is 5.47. The van der Waals surface area contributed by atoms with Crippen LogP contribution in [0.15, 0.2) is 60.9 Å². The zero-order valence-electron chi connectivity index (χ0n) is 19.0. The fourth-order valence-electron chi connectivity index (χ4n) is 3.63. The van der Waals surface area contributed by atoms with Crippen molar-refractivity contribution in [1.82, 2.24) is 15.5 Å². The van der Waals surface area contributed by atoms with Gasteiger partial charge in [-0.2, -0.15) is 5.10 Å². The molecule has 2 aliphatic heterocycles. The van der Waals surface area contributed by atoms with Gasteiger partial charge in [0.15, 0.2) is 0 Å². The Morgan fingerprint density at radius 2 is 1.85 bits per heavy atom. The molecule has 0 radical (unpaired) electrons. The molecule has 1 atom stereocenters. The van der Waals surface area contributed by atoms with E-state index in [0.717, 1.165) is 55.8 Å². The summed E-state index contributed by atoms with van der Waals surface area (Å²) < 4.78 is 19.6. The predicted molar refractivity (Wildman–Crippen MR) is 130 cm³/mol. The molecule has 7 nitrogen and oxygen atoms in total. The molecule has 1 unspecified atom stereocenters. The van der Waals surface area contributed by atoms with Gasteiger partial charge in [0.2, 0.25) is 0 Å². The largest absolute Gasteiger partial charge is 0.386 e. The van der Waals surface area contributed by atoms with E-state index in [1.54, 1.807) is 19.4 Å². The van der Waals surface area contributed by atoms with Crippen molar-refractivity contribution < 1.29 is 13.9 Å². The van der Waals surface area contributed by atoms with Gasteiger partial charge in [-0.1, -0.05) is 36.4 Å². The summed E-state index contributed by atoms with van der Waals surface area (Å²) in [7, 11) is 1.80. The number of ether oxygens (including phenoxy) is 1. The minimum absolute atomic E-state index is 0.257. The number of H-pyrrole nitrogens is 1. The summed E-state index contributed by atoms with van der Waals surface area (Å²) in [5, 5.41) is 12.8. The molecule has 0 amide bonds. The van der Waals surface area contributed by atoms with Crippen molar-refractivity contribution in [1.29, 1.82) is 0 Å². The topological polar surface area (TPSA) is 82.3 Å². The van der Waals surface area contributed by atoms with Gasteiger partial charge in [-0.05, 0) is 25.1 Å². The van der Waals surface area contributed by atoms with Crippen LogP contribution < -0.4 is 15.5 Å². The average Bonchev–Trinajstić information content (AvgIpc) is 3.61. The van der Waals surface area contributed by atoms with Crippen molar-refractivity contribution >= 4 is 17.7 Å². The summed E-state index contributed by atoms with van der Waals surface area (Å²) in [6, 6.07) is 15.4. The number of hydrogen-bond donors (Lipinski definition) is 3. The molecule has 3 N–H and O–H groups in total. The van der Waals surface area contributed by atoms with E-state index in [4.69, 9.17) is 4.74 Å². The summed E-state index contributed by atoms with van der Waals surface area (Å²) in [6.45, 7) is 4.92. The smallest absolute Gasteiger partial charge is 0.133 e. The number of benzene rings is 2. The third kappa shape index (κ3) is 7.40.